The summed E-state index contributed by atoms with van der Waals surface area (Å²) in [7, 11) is -3.51. The zero-order chi connectivity index (χ0) is 19.3. The molecule has 0 spiro atoms. The number of hydrogen-bond donors (Lipinski definition) is 1. The first-order valence-electron chi connectivity index (χ1n) is 9.19. The Hall–Kier alpha value is -1.93. The highest BCUT2D eigenvalue weighted by Gasteiger charge is 2.29. The summed E-state index contributed by atoms with van der Waals surface area (Å²) in [5.74, 6) is 0.663. The van der Waals surface area contributed by atoms with Crippen LogP contribution in [0.4, 0.5) is 0 Å². The van der Waals surface area contributed by atoms with Crippen molar-refractivity contribution in [3.8, 4) is 5.75 Å². The zero-order valence-electron chi connectivity index (χ0n) is 15.5. The Labute approximate surface area is 161 Å². The lowest BCUT2D eigenvalue weighted by Crippen LogP contribution is -2.49. The molecule has 0 unspecified atom stereocenters. The van der Waals surface area contributed by atoms with Crippen molar-refractivity contribution in [2.45, 2.75) is 17.9 Å². The molecule has 1 N–H and O–H groups in total. The van der Waals surface area contributed by atoms with E-state index in [9.17, 15) is 13.5 Å². The Morgan fingerprint density at radius 2 is 1.63 bits per heavy atom. The van der Waals surface area contributed by atoms with Crippen molar-refractivity contribution < 1.29 is 18.3 Å². The molecule has 0 bridgehead atoms. The van der Waals surface area contributed by atoms with Gasteiger partial charge >= 0.3 is 0 Å². The van der Waals surface area contributed by atoms with Gasteiger partial charge in [0.2, 0.25) is 10.0 Å². The van der Waals surface area contributed by atoms with Crippen LogP contribution in [0, 0.1) is 0 Å². The van der Waals surface area contributed by atoms with E-state index in [1.807, 2.05) is 37.3 Å². The number of piperazine rings is 1. The summed E-state index contributed by atoms with van der Waals surface area (Å²) in [5, 5.41) is 10.4. The highest BCUT2D eigenvalue weighted by molar-refractivity contribution is 7.89. The number of sulfonamides is 1. The molecule has 146 valence electrons. The van der Waals surface area contributed by atoms with Gasteiger partial charge in [0.05, 0.1) is 17.6 Å². The van der Waals surface area contributed by atoms with Gasteiger partial charge in [-0.15, -0.1) is 0 Å². The fourth-order valence-electron chi connectivity index (χ4n) is 3.20. The van der Waals surface area contributed by atoms with E-state index in [1.165, 1.54) is 4.31 Å². The molecule has 1 atom stereocenters. The van der Waals surface area contributed by atoms with E-state index in [0.717, 1.165) is 5.56 Å². The molecule has 0 amide bonds. The molecule has 1 aliphatic rings. The topological polar surface area (TPSA) is 70.1 Å². The van der Waals surface area contributed by atoms with E-state index in [1.54, 1.807) is 24.3 Å². The number of benzene rings is 2. The second-order valence-corrected chi connectivity index (χ2v) is 8.47. The van der Waals surface area contributed by atoms with Gasteiger partial charge in [0.15, 0.2) is 0 Å². The van der Waals surface area contributed by atoms with Gasteiger partial charge in [-0.2, -0.15) is 4.31 Å². The molecule has 27 heavy (non-hydrogen) atoms. The molecule has 0 saturated carbocycles. The minimum absolute atomic E-state index is 0.281. The van der Waals surface area contributed by atoms with Gasteiger partial charge in [0.25, 0.3) is 0 Å². The molecular formula is C20H26N2O4S. The molecule has 0 radical (unpaired) electrons. The minimum atomic E-state index is -3.51. The van der Waals surface area contributed by atoms with Crippen LogP contribution in [0.5, 0.6) is 5.75 Å². The largest absolute Gasteiger partial charge is 0.494 e. The average molecular weight is 391 g/mol. The van der Waals surface area contributed by atoms with E-state index >= 15 is 0 Å². The van der Waals surface area contributed by atoms with E-state index in [-0.39, 0.29) is 4.90 Å². The fourth-order valence-corrected chi connectivity index (χ4v) is 4.62. The van der Waals surface area contributed by atoms with Gasteiger partial charge in [0.1, 0.15) is 5.75 Å². The van der Waals surface area contributed by atoms with Crippen molar-refractivity contribution >= 4 is 10.0 Å². The quantitative estimate of drug-likeness (QED) is 0.784. The van der Waals surface area contributed by atoms with Crippen LogP contribution in [-0.4, -0.2) is 62.1 Å². The fraction of sp³-hybridized carbons (Fsp3) is 0.400. The van der Waals surface area contributed by atoms with Gasteiger partial charge in [-0.25, -0.2) is 8.42 Å². The molecule has 1 saturated heterocycles. The summed E-state index contributed by atoms with van der Waals surface area (Å²) in [4.78, 5) is 2.38. The molecule has 3 rings (SSSR count). The molecule has 1 aliphatic heterocycles. The molecule has 2 aromatic rings. The second kappa shape index (κ2) is 8.84. The molecular weight excluding hydrogens is 364 g/mol. The molecule has 0 aromatic heterocycles. The Kier molecular flexibility index (Phi) is 6.49. The van der Waals surface area contributed by atoms with Gasteiger partial charge in [0, 0.05) is 32.7 Å². The predicted octanol–water partition coefficient (Wildman–Crippen LogP) is 2.13. The average Bonchev–Trinajstić information content (AvgIpc) is 2.70. The van der Waals surface area contributed by atoms with Gasteiger partial charge in [-0.05, 0) is 36.8 Å². The number of β-amino-alcohol motifs (C(OH)–C–C–N with tert-alkyl or cyclic N) is 1. The van der Waals surface area contributed by atoms with Gasteiger partial charge in [-0.1, -0.05) is 30.3 Å². The van der Waals surface area contributed by atoms with Crippen LogP contribution in [-0.2, 0) is 10.0 Å². The highest BCUT2D eigenvalue weighted by Crippen LogP contribution is 2.22. The maximum atomic E-state index is 12.8. The molecule has 1 heterocycles. The van der Waals surface area contributed by atoms with E-state index in [0.29, 0.717) is 45.1 Å². The van der Waals surface area contributed by atoms with Crippen molar-refractivity contribution in [2.75, 3.05) is 39.3 Å². The highest BCUT2D eigenvalue weighted by atomic mass is 32.2. The third-order valence-electron chi connectivity index (χ3n) is 4.72. The molecule has 7 heteroatoms. The lowest BCUT2D eigenvalue weighted by Gasteiger charge is -2.35. The first-order valence-corrected chi connectivity index (χ1v) is 10.6. The maximum absolute atomic E-state index is 12.8. The molecule has 2 aromatic carbocycles. The molecule has 6 nitrogen and oxygen atoms in total. The summed E-state index contributed by atoms with van der Waals surface area (Å²) in [6, 6.07) is 16.1. The third kappa shape index (κ3) is 4.87. The Morgan fingerprint density at radius 3 is 2.22 bits per heavy atom. The summed E-state index contributed by atoms with van der Waals surface area (Å²) >= 11 is 0. The smallest absolute Gasteiger partial charge is 0.243 e. The Bertz CT molecular complexity index is 817. The Morgan fingerprint density at radius 1 is 1.00 bits per heavy atom. The third-order valence-corrected chi connectivity index (χ3v) is 6.63. The van der Waals surface area contributed by atoms with Crippen molar-refractivity contribution in [1.29, 1.82) is 0 Å². The van der Waals surface area contributed by atoms with Crippen LogP contribution in [0.2, 0.25) is 0 Å². The monoisotopic (exact) mass is 390 g/mol. The van der Waals surface area contributed by atoms with Crippen LogP contribution >= 0.6 is 0 Å². The maximum Gasteiger partial charge on any atom is 0.243 e. The van der Waals surface area contributed by atoms with Crippen molar-refractivity contribution in [3.63, 3.8) is 0 Å². The summed E-state index contributed by atoms with van der Waals surface area (Å²) < 4.78 is 32.5. The summed E-state index contributed by atoms with van der Waals surface area (Å²) in [6.45, 7) is 4.96. The van der Waals surface area contributed by atoms with E-state index < -0.39 is 16.1 Å². The van der Waals surface area contributed by atoms with Crippen molar-refractivity contribution in [1.82, 2.24) is 9.21 Å². The Balaban J connectivity index is 1.57. The van der Waals surface area contributed by atoms with Crippen LogP contribution < -0.4 is 4.74 Å². The normalized spacial score (nSPS) is 17.6. The number of nitrogens with zero attached hydrogens (tertiary/aromatic N) is 2. The van der Waals surface area contributed by atoms with Crippen LogP contribution in [0.15, 0.2) is 59.5 Å². The number of rotatable bonds is 7. The van der Waals surface area contributed by atoms with E-state index in [4.69, 9.17) is 4.74 Å². The number of ether oxygens (including phenoxy) is 1. The zero-order valence-corrected chi connectivity index (χ0v) is 16.3. The van der Waals surface area contributed by atoms with Crippen LogP contribution in [0.25, 0.3) is 0 Å². The van der Waals surface area contributed by atoms with Crippen molar-refractivity contribution in [2.24, 2.45) is 0 Å². The van der Waals surface area contributed by atoms with E-state index in [2.05, 4.69) is 4.90 Å². The number of aliphatic hydroxyl groups is 1. The summed E-state index contributed by atoms with van der Waals surface area (Å²) in [5.41, 5.74) is 0.877. The standard InChI is InChI=1S/C20H26N2O4S/c1-2-26-18-8-10-19(11-9-18)27(24,25)22-14-12-21(13-15-22)16-20(23)17-6-4-3-5-7-17/h3-11,20,23H,2,12-16H2,1H3/t20-/m1/s1. The van der Waals surface area contributed by atoms with Crippen LogP contribution in [0.1, 0.15) is 18.6 Å². The van der Waals surface area contributed by atoms with Crippen molar-refractivity contribution in [3.05, 3.63) is 60.2 Å². The SMILES string of the molecule is CCOc1ccc(S(=O)(=O)N2CCN(C[C@@H](O)c3ccccc3)CC2)cc1. The molecule has 1 fully saturated rings. The predicted molar refractivity (Wildman–Crippen MR) is 104 cm³/mol. The number of hydrogen-bond acceptors (Lipinski definition) is 5. The summed E-state index contributed by atoms with van der Waals surface area (Å²) in [6.07, 6.45) is -0.569. The first-order chi connectivity index (χ1) is 13.0. The lowest BCUT2D eigenvalue weighted by atomic mass is 10.1. The minimum Gasteiger partial charge on any atom is -0.494 e. The second-order valence-electron chi connectivity index (χ2n) is 6.54. The lowest BCUT2D eigenvalue weighted by molar-refractivity contribution is 0.0921. The van der Waals surface area contributed by atoms with Gasteiger partial charge in [-0.3, -0.25) is 4.90 Å². The number of aliphatic hydroxyl groups excluding tert-OH is 1. The van der Waals surface area contributed by atoms with Gasteiger partial charge < -0.3 is 9.84 Å². The van der Waals surface area contributed by atoms with Crippen LogP contribution in [0.3, 0.4) is 0 Å². The first kappa shape index (κ1) is 19.8. The molecule has 0 aliphatic carbocycles.